The summed E-state index contributed by atoms with van der Waals surface area (Å²) < 4.78 is 40.4. The molecule has 1 aromatic carbocycles. The molecule has 2 atom stereocenters. The number of aliphatic hydroxyl groups is 1. The molecule has 1 aromatic heterocycles. The predicted octanol–water partition coefficient (Wildman–Crippen LogP) is 3.25. The average Bonchev–Trinajstić information content (AvgIpc) is 2.74. The average molecular weight is 502 g/mol. The minimum atomic E-state index is -4.52. The van der Waals surface area contributed by atoms with Crippen LogP contribution in [0.1, 0.15) is 38.2 Å². The third-order valence-corrected chi connectivity index (χ3v) is 6.68. The molecule has 7 nitrogen and oxygen atoms in total. The fourth-order valence-corrected chi connectivity index (χ4v) is 4.97. The molecule has 2 aromatic rings. The Kier molecular flexibility index (Phi) is 7.94. The zero-order valence-corrected chi connectivity index (χ0v) is 20.1. The van der Waals surface area contributed by atoms with Crippen LogP contribution in [0.4, 0.5) is 18.9 Å². The van der Waals surface area contributed by atoms with E-state index in [1.54, 1.807) is 0 Å². The second-order valence-corrected chi connectivity index (χ2v) is 9.60. The first-order valence-corrected chi connectivity index (χ1v) is 11.3. The molecular weight excluding hydrogens is 471 g/mol. The molecule has 2 fully saturated rings. The molecule has 0 aliphatic carbocycles. The van der Waals surface area contributed by atoms with Crippen LogP contribution in [0.2, 0.25) is 0 Å². The van der Waals surface area contributed by atoms with Crippen molar-refractivity contribution >= 4 is 35.0 Å². The summed E-state index contributed by atoms with van der Waals surface area (Å²) in [7, 11) is 1.99. The number of rotatable bonds is 4. The van der Waals surface area contributed by atoms with Crippen molar-refractivity contribution < 1.29 is 23.1 Å². The number of halogens is 4. The molecule has 0 saturated carbocycles. The molecule has 2 aliphatic heterocycles. The monoisotopic (exact) mass is 501 g/mol. The number of nitrogens with zero attached hydrogens (tertiary/aromatic N) is 4. The third-order valence-electron chi connectivity index (χ3n) is 6.68. The minimum Gasteiger partial charge on any atom is -0.389 e. The summed E-state index contributed by atoms with van der Waals surface area (Å²) in [4.78, 5) is 25.0. The van der Waals surface area contributed by atoms with Crippen LogP contribution in [0.25, 0.3) is 11.0 Å². The molecule has 0 bridgehead atoms. The zero-order valence-electron chi connectivity index (χ0n) is 19.3. The van der Waals surface area contributed by atoms with Crippen molar-refractivity contribution in [3.05, 3.63) is 30.1 Å². The Bertz CT molecular complexity index is 1010. The Morgan fingerprint density at radius 1 is 1.18 bits per heavy atom. The first-order valence-electron chi connectivity index (χ1n) is 11.3. The number of nitrogens with one attached hydrogen (secondary N) is 1. The molecule has 1 amide bonds. The minimum absolute atomic E-state index is 0. The molecule has 0 radical (unpaired) electrons. The van der Waals surface area contributed by atoms with Gasteiger partial charge in [0.25, 0.3) is 0 Å². The number of carbonyl (C=O) groups is 1. The summed E-state index contributed by atoms with van der Waals surface area (Å²) in [5.74, 6) is 0.0163. The Balaban J connectivity index is 0.00000324. The summed E-state index contributed by atoms with van der Waals surface area (Å²) in [6.07, 6.45) is 0.0548. The number of benzene rings is 1. The van der Waals surface area contributed by atoms with Crippen molar-refractivity contribution in [2.45, 2.75) is 50.4 Å². The number of alkyl halides is 3. The quantitative estimate of drug-likeness (QED) is 0.669. The van der Waals surface area contributed by atoms with Gasteiger partial charge >= 0.3 is 6.18 Å². The van der Waals surface area contributed by atoms with E-state index in [0.717, 1.165) is 25.6 Å². The highest BCUT2D eigenvalue weighted by molar-refractivity contribution is 5.91. The van der Waals surface area contributed by atoms with E-state index in [-0.39, 0.29) is 47.7 Å². The summed E-state index contributed by atoms with van der Waals surface area (Å²) in [5, 5.41) is 13.8. The van der Waals surface area contributed by atoms with E-state index in [9.17, 15) is 23.1 Å². The van der Waals surface area contributed by atoms with Gasteiger partial charge in [-0.2, -0.15) is 13.2 Å². The maximum atomic E-state index is 13.5. The lowest BCUT2D eigenvalue weighted by atomic mass is 9.87. The first kappa shape index (κ1) is 26.4. The number of anilines is 1. The van der Waals surface area contributed by atoms with Gasteiger partial charge < -0.3 is 20.2 Å². The maximum Gasteiger partial charge on any atom is 0.418 e. The Morgan fingerprint density at radius 2 is 1.82 bits per heavy atom. The first-order chi connectivity index (χ1) is 15.5. The van der Waals surface area contributed by atoms with Gasteiger partial charge in [-0.1, -0.05) is 6.92 Å². The topological polar surface area (TPSA) is 81.6 Å². The van der Waals surface area contributed by atoms with Crippen LogP contribution >= 0.6 is 12.4 Å². The Labute approximate surface area is 203 Å². The highest BCUT2D eigenvalue weighted by Crippen LogP contribution is 2.37. The van der Waals surface area contributed by atoms with Crippen molar-refractivity contribution in [1.29, 1.82) is 0 Å². The van der Waals surface area contributed by atoms with Gasteiger partial charge in [-0.25, -0.2) is 0 Å². The smallest absolute Gasteiger partial charge is 0.389 e. The lowest BCUT2D eigenvalue weighted by Crippen LogP contribution is -2.52. The highest BCUT2D eigenvalue weighted by Gasteiger charge is 2.37. The van der Waals surface area contributed by atoms with Gasteiger partial charge in [0, 0.05) is 44.6 Å². The van der Waals surface area contributed by atoms with E-state index in [4.69, 9.17) is 0 Å². The van der Waals surface area contributed by atoms with Gasteiger partial charge in [0.05, 0.1) is 23.3 Å². The van der Waals surface area contributed by atoms with Gasteiger partial charge in [0.2, 0.25) is 5.91 Å². The molecule has 2 aliphatic rings. The molecule has 34 heavy (non-hydrogen) atoms. The van der Waals surface area contributed by atoms with Crippen LogP contribution in [-0.4, -0.2) is 70.8 Å². The number of piperidine rings is 2. The molecule has 2 N–H and O–H groups in total. The van der Waals surface area contributed by atoms with Crippen molar-refractivity contribution in [2.75, 3.05) is 38.1 Å². The Morgan fingerprint density at radius 3 is 2.47 bits per heavy atom. The number of hydrogen-bond donors (Lipinski definition) is 2. The van der Waals surface area contributed by atoms with E-state index >= 15 is 0 Å². The summed E-state index contributed by atoms with van der Waals surface area (Å²) in [5.41, 5.74) is -1.20. The lowest BCUT2D eigenvalue weighted by Gasteiger charge is -2.39. The molecular formula is C23H31ClF3N5O2. The van der Waals surface area contributed by atoms with Crippen molar-refractivity contribution in [3.63, 3.8) is 0 Å². The van der Waals surface area contributed by atoms with E-state index in [1.165, 1.54) is 18.5 Å². The molecule has 0 spiro atoms. The van der Waals surface area contributed by atoms with Gasteiger partial charge in [-0.3, -0.25) is 14.8 Å². The number of aromatic nitrogens is 2. The number of carbonyl (C=O) groups excluding carboxylic acids is 1. The number of likely N-dealkylation sites (tertiary alicyclic amines) is 1. The maximum absolute atomic E-state index is 13.5. The normalized spacial score (nSPS) is 23.4. The number of fused-ring (bicyclic) bond motifs is 1. The van der Waals surface area contributed by atoms with Crippen LogP contribution in [0.15, 0.2) is 24.5 Å². The van der Waals surface area contributed by atoms with Crippen molar-refractivity contribution in [1.82, 2.24) is 20.2 Å². The lowest BCUT2D eigenvalue weighted by molar-refractivity contribution is -0.136. The third kappa shape index (κ3) is 5.90. The van der Waals surface area contributed by atoms with Crippen molar-refractivity contribution in [3.8, 4) is 0 Å². The van der Waals surface area contributed by atoms with Crippen LogP contribution < -0.4 is 10.2 Å². The van der Waals surface area contributed by atoms with E-state index in [2.05, 4.69) is 20.2 Å². The second kappa shape index (κ2) is 10.2. The largest absolute Gasteiger partial charge is 0.418 e. The van der Waals surface area contributed by atoms with Gasteiger partial charge in [-0.05, 0) is 44.4 Å². The van der Waals surface area contributed by atoms with Gasteiger partial charge in [0.15, 0.2) is 0 Å². The molecule has 3 heterocycles. The molecule has 188 valence electrons. The molecule has 11 heteroatoms. The fraction of sp³-hybridized carbons (Fsp3) is 0.609. The van der Waals surface area contributed by atoms with E-state index in [1.807, 2.05) is 18.9 Å². The molecule has 4 rings (SSSR count). The number of amides is 1. The van der Waals surface area contributed by atoms with Gasteiger partial charge in [0.1, 0.15) is 11.0 Å². The SMILES string of the molecule is C[C@H]1C[C@@H](NC(=O)CC2(O)CCN(C)CC2)CN(c2ccc(C(F)(F)F)c3nccnc23)C1.Cl. The summed E-state index contributed by atoms with van der Waals surface area (Å²) >= 11 is 0. The fourth-order valence-electron chi connectivity index (χ4n) is 4.97. The van der Waals surface area contributed by atoms with E-state index < -0.39 is 17.3 Å². The van der Waals surface area contributed by atoms with Crippen LogP contribution in [0, 0.1) is 5.92 Å². The highest BCUT2D eigenvalue weighted by atomic mass is 35.5. The van der Waals surface area contributed by atoms with E-state index in [0.29, 0.717) is 31.6 Å². The number of hydrogen-bond acceptors (Lipinski definition) is 6. The van der Waals surface area contributed by atoms with Gasteiger partial charge in [-0.15, -0.1) is 12.4 Å². The zero-order chi connectivity index (χ0) is 23.8. The Hall–Kier alpha value is -2.17. The molecule has 2 saturated heterocycles. The van der Waals surface area contributed by atoms with Crippen LogP contribution in [-0.2, 0) is 11.0 Å². The van der Waals surface area contributed by atoms with Crippen LogP contribution in [0.3, 0.4) is 0 Å². The predicted molar refractivity (Wildman–Crippen MR) is 126 cm³/mol. The van der Waals surface area contributed by atoms with Crippen molar-refractivity contribution in [2.24, 2.45) is 5.92 Å². The standard InChI is InChI=1S/C23H30F3N5O2.ClH/c1-15-11-16(29-19(32)12-22(33)5-9-30(2)10-6-22)14-31(13-15)18-4-3-17(23(24,25)26)20-21(18)28-8-7-27-20;/h3-4,7-8,15-16,33H,5-6,9-14H2,1-2H3,(H,29,32);1H/t15-,16+;/m0./s1. The van der Waals surface area contributed by atoms with Crippen LogP contribution in [0.5, 0.6) is 0 Å². The summed E-state index contributed by atoms with van der Waals surface area (Å²) in [6, 6.07) is 2.32. The summed E-state index contributed by atoms with van der Waals surface area (Å²) in [6.45, 7) is 4.64. The second-order valence-electron chi connectivity index (χ2n) is 9.60. The molecule has 0 unspecified atom stereocenters.